The van der Waals surface area contributed by atoms with Crippen LogP contribution in [0.5, 0.6) is 0 Å². The predicted molar refractivity (Wildman–Crippen MR) is 108 cm³/mol. The molecule has 134 valence electrons. The Hall–Kier alpha value is -1.65. The summed E-state index contributed by atoms with van der Waals surface area (Å²) in [6, 6.07) is 16.7. The number of rotatable bonds is 6. The highest BCUT2D eigenvalue weighted by atomic mass is 35.7. The fourth-order valence-corrected chi connectivity index (χ4v) is 4.41. The Balaban J connectivity index is 1.57. The highest BCUT2D eigenvalue weighted by Gasteiger charge is 2.28. The highest BCUT2D eigenvalue weighted by molar-refractivity contribution is 8.50. The van der Waals surface area contributed by atoms with Crippen LogP contribution in [-0.2, 0) is 4.74 Å². The van der Waals surface area contributed by atoms with E-state index in [1.165, 1.54) is 22.3 Å². The van der Waals surface area contributed by atoms with E-state index >= 15 is 0 Å². The van der Waals surface area contributed by atoms with Gasteiger partial charge in [-0.1, -0.05) is 59.2 Å². The standard InChI is InChI=1S/C20H24ClNO2S/c1-25(2,21)13-7-12-22-20(23)24-14-19-17-10-5-3-8-15(17)16-9-4-6-11-18(16)19/h3-6,8-11,19H,7,12-14H2,1-2H3,(H,22,23). The summed E-state index contributed by atoms with van der Waals surface area (Å²) < 4.78 is 5.50. The summed E-state index contributed by atoms with van der Waals surface area (Å²) in [7, 11) is 5.20. The summed E-state index contributed by atoms with van der Waals surface area (Å²) in [5, 5.41) is 2.82. The summed E-state index contributed by atoms with van der Waals surface area (Å²) in [6.45, 7) is 0.950. The molecular formula is C20H24ClNO2S. The average molecular weight is 378 g/mol. The zero-order chi connectivity index (χ0) is 17.9. The van der Waals surface area contributed by atoms with Gasteiger partial charge in [-0.25, -0.2) is 4.79 Å². The summed E-state index contributed by atoms with van der Waals surface area (Å²) >= 11 is 0. The van der Waals surface area contributed by atoms with E-state index in [-0.39, 0.29) is 12.0 Å². The van der Waals surface area contributed by atoms with Gasteiger partial charge in [0.1, 0.15) is 6.61 Å². The van der Waals surface area contributed by atoms with Crippen LogP contribution >= 0.6 is 19.9 Å². The van der Waals surface area contributed by atoms with Gasteiger partial charge in [-0.15, -0.1) is 0 Å². The zero-order valence-corrected chi connectivity index (χ0v) is 16.2. The first kappa shape index (κ1) is 18.2. The summed E-state index contributed by atoms with van der Waals surface area (Å²) in [6.07, 6.45) is 4.63. The van der Waals surface area contributed by atoms with E-state index in [9.17, 15) is 4.79 Å². The van der Waals surface area contributed by atoms with Gasteiger partial charge in [-0.05, 0) is 46.9 Å². The third-order valence-electron chi connectivity index (χ3n) is 4.42. The van der Waals surface area contributed by atoms with Gasteiger partial charge < -0.3 is 10.1 Å². The second-order valence-corrected chi connectivity index (χ2v) is 12.4. The number of amides is 1. The lowest BCUT2D eigenvalue weighted by Crippen LogP contribution is -2.27. The number of hydrogen-bond acceptors (Lipinski definition) is 2. The lowest BCUT2D eigenvalue weighted by Gasteiger charge is -2.21. The van der Waals surface area contributed by atoms with Crippen LogP contribution in [0.2, 0.25) is 0 Å². The number of ether oxygens (including phenoxy) is 1. The molecule has 1 aliphatic carbocycles. The first-order chi connectivity index (χ1) is 12.0. The smallest absolute Gasteiger partial charge is 0.407 e. The van der Waals surface area contributed by atoms with Crippen LogP contribution in [0.4, 0.5) is 4.79 Å². The van der Waals surface area contributed by atoms with Gasteiger partial charge >= 0.3 is 6.09 Å². The molecule has 1 amide bonds. The number of alkyl carbamates (subject to hydrolysis) is 1. The van der Waals surface area contributed by atoms with Gasteiger partial charge in [0.05, 0.1) is 0 Å². The molecule has 0 fully saturated rings. The van der Waals surface area contributed by atoms with Gasteiger partial charge in [0.25, 0.3) is 0 Å². The minimum absolute atomic E-state index is 0.101. The van der Waals surface area contributed by atoms with Crippen LogP contribution in [0.3, 0.4) is 0 Å². The Morgan fingerprint density at radius 1 is 1.08 bits per heavy atom. The van der Waals surface area contributed by atoms with Crippen LogP contribution < -0.4 is 5.32 Å². The van der Waals surface area contributed by atoms with Crippen LogP contribution in [-0.4, -0.2) is 37.5 Å². The van der Waals surface area contributed by atoms with Gasteiger partial charge in [-0.2, -0.15) is 9.24 Å². The van der Waals surface area contributed by atoms with E-state index in [1.807, 2.05) is 24.3 Å². The first-order valence-corrected chi connectivity index (χ1v) is 11.9. The molecule has 2 aromatic carbocycles. The van der Waals surface area contributed by atoms with Crippen LogP contribution in [0.15, 0.2) is 48.5 Å². The van der Waals surface area contributed by atoms with Crippen LogP contribution in [0, 0.1) is 0 Å². The molecule has 25 heavy (non-hydrogen) atoms. The molecule has 0 saturated heterocycles. The molecule has 0 aromatic heterocycles. The fourth-order valence-electron chi connectivity index (χ4n) is 3.26. The van der Waals surface area contributed by atoms with Crippen molar-refractivity contribution < 1.29 is 9.53 Å². The number of carbonyl (C=O) groups is 1. The number of nitrogens with one attached hydrogen (secondary N) is 1. The number of benzene rings is 2. The molecule has 0 atom stereocenters. The maximum atomic E-state index is 12.0. The molecule has 0 bridgehead atoms. The molecule has 0 spiro atoms. The summed E-state index contributed by atoms with van der Waals surface area (Å²) in [5.74, 6) is 1.03. The predicted octanol–water partition coefficient (Wildman–Crippen LogP) is 5.13. The number of fused-ring (bicyclic) bond motifs is 3. The monoisotopic (exact) mass is 377 g/mol. The van der Waals surface area contributed by atoms with Crippen LogP contribution in [0.1, 0.15) is 23.5 Å². The maximum Gasteiger partial charge on any atom is 0.407 e. The molecular weight excluding hydrogens is 354 g/mol. The van der Waals surface area contributed by atoms with Gasteiger partial charge in [0, 0.05) is 12.5 Å². The minimum Gasteiger partial charge on any atom is -0.449 e. The number of halogens is 1. The topological polar surface area (TPSA) is 38.3 Å². The normalized spacial score (nSPS) is 13.9. The molecule has 5 heteroatoms. The third kappa shape index (κ3) is 4.50. The first-order valence-electron chi connectivity index (χ1n) is 8.45. The highest BCUT2D eigenvalue weighted by Crippen LogP contribution is 2.45. The van der Waals surface area contributed by atoms with Crippen molar-refractivity contribution >= 4 is 26.0 Å². The Kier molecular flexibility index (Phi) is 5.60. The number of carbonyl (C=O) groups excluding carboxylic acids is 1. The van der Waals surface area contributed by atoms with Gasteiger partial charge in [-0.3, -0.25) is 0 Å². The Morgan fingerprint density at radius 2 is 1.64 bits per heavy atom. The van der Waals surface area contributed by atoms with Crippen molar-refractivity contribution in [3.8, 4) is 11.1 Å². The van der Waals surface area contributed by atoms with Crippen molar-refractivity contribution in [3.63, 3.8) is 0 Å². The van der Waals surface area contributed by atoms with Crippen molar-refractivity contribution in [2.24, 2.45) is 0 Å². The quantitative estimate of drug-likeness (QED) is 0.708. The summed E-state index contributed by atoms with van der Waals surface area (Å²) in [4.78, 5) is 12.0. The van der Waals surface area contributed by atoms with Crippen molar-refractivity contribution in [3.05, 3.63) is 59.7 Å². The molecule has 0 saturated carbocycles. The van der Waals surface area contributed by atoms with Crippen molar-refractivity contribution in [1.29, 1.82) is 0 Å². The second-order valence-electron chi connectivity index (χ2n) is 6.71. The lowest BCUT2D eigenvalue weighted by molar-refractivity contribution is 0.143. The molecule has 0 radical (unpaired) electrons. The zero-order valence-electron chi connectivity index (χ0n) is 14.6. The second kappa shape index (κ2) is 7.71. The third-order valence-corrected chi connectivity index (χ3v) is 6.14. The minimum atomic E-state index is -1.03. The lowest BCUT2D eigenvalue weighted by atomic mass is 9.98. The maximum absolute atomic E-state index is 12.0. The van der Waals surface area contributed by atoms with Crippen LogP contribution in [0.25, 0.3) is 11.1 Å². The molecule has 3 rings (SSSR count). The van der Waals surface area contributed by atoms with E-state index in [1.54, 1.807) is 0 Å². The summed E-state index contributed by atoms with van der Waals surface area (Å²) in [5.41, 5.74) is 4.92. The Labute approximate surface area is 155 Å². The SMILES string of the molecule is CS(C)(Cl)CCCNC(=O)OCC1c2ccccc2-c2ccccc21. The van der Waals surface area contributed by atoms with E-state index in [4.69, 9.17) is 15.4 Å². The molecule has 0 unspecified atom stereocenters. The van der Waals surface area contributed by atoms with Gasteiger partial charge in [0.2, 0.25) is 0 Å². The van der Waals surface area contributed by atoms with E-state index < -0.39 is 9.24 Å². The van der Waals surface area contributed by atoms with E-state index in [0.29, 0.717) is 13.2 Å². The van der Waals surface area contributed by atoms with Crippen molar-refractivity contribution in [1.82, 2.24) is 5.32 Å². The molecule has 0 aliphatic heterocycles. The largest absolute Gasteiger partial charge is 0.449 e. The Morgan fingerprint density at radius 3 is 2.20 bits per heavy atom. The van der Waals surface area contributed by atoms with E-state index in [2.05, 4.69) is 42.1 Å². The fraction of sp³-hybridized carbons (Fsp3) is 0.350. The van der Waals surface area contributed by atoms with Gasteiger partial charge in [0.15, 0.2) is 0 Å². The van der Waals surface area contributed by atoms with Crippen molar-refractivity contribution in [2.45, 2.75) is 12.3 Å². The number of hydrogen-bond donors (Lipinski definition) is 1. The molecule has 2 aromatic rings. The average Bonchev–Trinajstić information content (AvgIpc) is 2.90. The van der Waals surface area contributed by atoms with Crippen molar-refractivity contribution in [2.75, 3.05) is 31.4 Å². The molecule has 3 nitrogen and oxygen atoms in total. The molecule has 1 N–H and O–H groups in total. The Bertz CT molecular complexity index is 712. The van der Waals surface area contributed by atoms with E-state index in [0.717, 1.165) is 12.2 Å². The molecule has 0 heterocycles. The molecule has 1 aliphatic rings.